The topological polar surface area (TPSA) is 28.7 Å². The zero-order valence-corrected chi connectivity index (χ0v) is 8.20. The second-order valence-electron chi connectivity index (χ2n) is 3.31. The zero-order chi connectivity index (χ0) is 12.6. The van der Waals surface area contributed by atoms with Crippen LogP contribution >= 0.6 is 0 Å². The summed E-state index contributed by atoms with van der Waals surface area (Å²) in [5, 5.41) is 5.88. The highest BCUT2D eigenvalue weighted by Crippen LogP contribution is 2.24. The molecule has 1 aromatic heterocycles. The molecule has 0 saturated carbocycles. The van der Waals surface area contributed by atoms with Crippen molar-refractivity contribution in [3.63, 3.8) is 0 Å². The number of rotatable bonds is 2. The first-order valence-corrected chi connectivity index (χ1v) is 4.51. The van der Waals surface area contributed by atoms with E-state index in [4.69, 9.17) is 0 Å². The van der Waals surface area contributed by atoms with E-state index in [0.29, 0.717) is 0 Å². The molecule has 0 amide bonds. The van der Waals surface area contributed by atoms with Crippen molar-refractivity contribution in [1.82, 2.24) is 10.2 Å². The second-order valence-corrected chi connectivity index (χ2v) is 3.31. The molecule has 7 heteroatoms. The zero-order valence-electron chi connectivity index (χ0n) is 8.20. The van der Waals surface area contributed by atoms with Gasteiger partial charge in [-0.1, -0.05) is 0 Å². The fraction of sp³-hybridized carbons (Fsp3) is 0.100. The number of aromatic amines is 1. The van der Waals surface area contributed by atoms with Gasteiger partial charge in [0.15, 0.2) is 23.3 Å². The number of H-pyrrole nitrogens is 1. The fourth-order valence-electron chi connectivity index (χ4n) is 1.38. The third-order valence-electron chi connectivity index (χ3n) is 2.23. The van der Waals surface area contributed by atoms with E-state index in [0.717, 1.165) is 0 Å². The van der Waals surface area contributed by atoms with Crippen molar-refractivity contribution in [2.75, 3.05) is 0 Å². The molecule has 0 aliphatic heterocycles. The van der Waals surface area contributed by atoms with E-state index >= 15 is 0 Å². The van der Waals surface area contributed by atoms with Gasteiger partial charge < -0.3 is 0 Å². The predicted molar refractivity (Wildman–Crippen MR) is 47.6 cm³/mol. The molecule has 2 aromatic rings. The number of halogens is 5. The van der Waals surface area contributed by atoms with Gasteiger partial charge in [0.2, 0.25) is 5.82 Å². The quantitative estimate of drug-likeness (QED) is 0.494. The van der Waals surface area contributed by atoms with Crippen LogP contribution in [0.1, 0.15) is 11.3 Å². The third kappa shape index (κ3) is 1.88. The molecule has 0 saturated heterocycles. The number of nitrogens with one attached hydrogen (secondary N) is 1. The van der Waals surface area contributed by atoms with Gasteiger partial charge in [0.1, 0.15) is 0 Å². The van der Waals surface area contributed by atoms with Crippen molar-refractivity contribution in [1.29, 1.82) is 0 Å². The van der Waals surface area contributed by atoms with E-state index in [1.807, 2.05) is 0 Å². The molecule has 2 rings (SSSR count). The van der Waals surface area contributed by atoms with Gasteiger partial charge in [-0.3, -0.25) is 5.10 Å². The summed E-state index contributed by atoms with van der Waals surface area (Å²) in [6.07, 6.45) is 0.854. The number of hydrogen-bond acceptors (Lipinski definition) is 1. The third-order valence-corrected chi connectivity index (χ3v) is 2.23. The summed E-state index contributed by atoms with van der Waals surface area (Å²) in [5.41, 5.74) is -0.640. The van der Waals surface area contributed by atoms with Crippen molar-refractivity contribution in [2.24, 2.45) is 0 Å². The van der Waals surface area contributed by atoms with Gasteiger partial charge in [0, 0.05) is 23.9 Å². The smallest absolute Gasteiger partial charge is 0.200 e. The van der Waals surface area contributed by atoms with Gasteiger partial charge in [-0.15, -0.1) is 0 Å². The Hall–Kier alpha value is -1.92. The van der Waals surface area contributed by atoms with E-state index < -0.39 is 41.1 Å². The summed E-state index contributed by atoms with van der Waals surface area (Å²) >= 11 is 0. The highest BCUT2D eigenvalue weighted by atomic mass is 19.2. The number of nitrogens with zero attached hydrogens (tertiary/aromatic N) is 1. The van der Waals surface area contributed by atoms with E-state index in [2.05, 4.69) is 10.2 Å². The Bertz CT molecular complexity index is 521. The van der Waals surface area contributed by atoms with Gasteiger partial charge in [-0.25, -0.2) is 22.0 Å². The maximum atomic E-state index is 13.2. The van der Waals surface area contributed by atoms with Gasteiger partial charge >= 0.3 is 0 Å². The van der Waals surface area contributed by atoms with Crippen LogP contribution in [-0.2, 0) is 6.42 Å². The molecular formula is C10H5F5N2. The standard InChI is InChI=1S/C10H5F5N2/c11-6-5(3-4-1-2-16-17-4)7(12)9(14)10(15)8(6)13/h1-2H,3H2,(H,16,17). The fourth-order valence-corrected chi connectivity index (χ4v) is 1.38. The van der Waals surface area contributed by atoms with Crippen LogP contribution in [0.3, 0.4) is 0 Å². The van der Waals surface area contributed by atoms with Gasteiger partial charge in [-0.05, 0) is 6.07 Å². The number of aromatic nitrogens is 2. The van der Waals surface area contributed by atoms with E-state index in [1.165, 1.54) is 12.3 Å². The average molecular weight is 248 g/mol. The summed E-state index contributed by atoms with van der Waals surface area (Å²) in [6, 6.07) is 1.37. The maximum Gasteiger partial charge on any atom is 0.200 e. The molecule has 1 heterocycles. The van der Waals surface area contributed by atoms with Gasteiger partial charge in [0.25, 0.3) is 0 Å². The van der Waals surface area contributed by atoms with E-state index in [9.17, 15) is 22.0 Å². The summed E-state index contributed by atoms with van der Waals surface area (Å²) in [7, 11) is 0. The Morgan fingerprint density at radius 3 is 1.88 bits per heavy atom. The lowest BCUT2D eigenvalue weighted by molar-refractivity contribution is 0.371. The minimum absolute atomic E-state index is 0.244. The largest absolute Gasteiger partial charge is 0.282 e. The molecule has 90 valence electrons. The average Bonchev–Trinajstić information content (AvgIpc) is 2.82. The molecule has 0 fully saturated rings. The molecular weight excluding hydrogens is 243 g/mol. The number of hydrogen-bond donors (Lipinski definition) is 1. The monoisotopic (exact) mass is 248 g/mol. The Kier molecular flexibility index (Phi) is 2.83. The lowest BCUT2D eigenvalue weighted by Crippen LogP contribution is -2.07. The molecule has 0 bridgehead atoms. The molecule has 0 aliphatic carbocycles. The van der Waals surface area contributed by atoms with Crippen LogP contribution in [-0.4, -0.2) is 10.2 Å². The molecule has 17 heavy (non-hydrogen) atoms. The van der Waals surface area contributed by atoms with Gasteiger partial charge in [-0.2, -0.15) is 5.10 Å². The van der Waals surface area contributed by atoms with Crippen LogP contribution in [0.25, 0.3) is 0 Å². The van der Waals surface area contributed by atoms with Crippen molar-refractivity contribution in [3.8, 4) is 0 Å². The maximum absolute atomic E-state index is 13.2. The number of benzene rings is 1. The van der Waals surface area contributed by atoms with Gasteiger partial charge in [0.05, 0.1) is 0 Å². The first kappa shape index (κ1) is 11.6. The highest BCUT2D eigenvalue weighted by molar-refractivity contribution is 5.27. The van der Waals surface area contributed by atoms with Crippen LogP contribution in [0.4, 0.5) is 22.0 Å². The van der Waals surface area contributed by atoms with Crippen LogP contribution in [0.5, 0.6) is 0 Å². The Morgan fingerprint density at radius 1 is 0.882 bits per heavy atom. The minimum Gasteiger partial charge on any atom is -0.282 e. The Labute approximate surface area is 92.1 Å². The second kappa shape index (κ2) is 4.15. The summed E-state index contributed by atoms with van der Waals surface area (Å²) < 4.78 is 64.9. The SMILES string of the molecule is Fc1c(F)c(F)c(Cc2ccn[nH]2)c(F)c1F. The Morgan fingerprint density at radius 2 is 1.41 bits per heavy atom. The van der Waals surface area contributed by atoms with Crippen molar-refractivity contribution >= 4 is 0 Å². The molecule has 1 N–H and O–H groups in total. The Balaban J connectivity index is 2.54. The minimum atomic E-state index is -2.16. The molecule has 0 radical (unpaired) electrons. The van der Waals surface area contributed by atoms with Crippen molar-refractivity contribution < 1.29 is 22.0 Å². The molecule has 0 atom stereocenters. The summed E-state index contributed by atoms with van der Waals surface area (Å²) in [5.74, 6) is -9.70. The van der Waals surface area contributed by atoms with E-state index in [-0.39, 0.29) is 5.69 Å². The van der Waals surface area contributed by atoms with Crippen LogP contribution < -0.4 is 0 Å². The molecule has 1 aromatic carbocycles. The summed E-state index contributed by atoms with van der Waals surface area (Å²) in [4.78, 5) is 0. The highest BCUT2D eigenvalue weighted by Gasteiger charge is 2.25. The molecule has 0 unspecified atom stereocenters. The molecule has 0 spiro atoms. The van der Waals surface area contributed by atoms with Crippen LogP contribution in [0.2, 0.25) is 0 Å². The normalized spacial score (nSPS) is 10.9. The van der Waals surface area contributed by atoms with Crippen LogP contribution in [0.15, 0.2) is 12.3 Å². The lowest BCUT2D eigenvalue weighted by Gasteiger charge is -2.06. The van der Waals surface area contributed by atoms with Crippen molar-refractivity contribution in [2.45, 2.75) is 6.42 Å². The van der Waals surface area contributed by atoms with E-state index in [1.54, 1.807) is 0 Å². The van der Waals surface area contributed by atoms with Crippen molar-refractivity contribution in [3.05, 3.63) is 52.6 Å². The first-order chi connectivity index (χ1) is 8.02. The van der Waals surface area contributed by atoms with Crippen LogP contribution in [0, 0.1) is 29.1 Å². The molecule has 0 aliphatic rings. The summed E-state index contributed by atoms with van der Waals surface area (Å²) in [6.45, 7) is 0. The first-order valence-electron chi connectivity index (χ1n) is 4.51. The predicted octanol–water partition coefficient (Wildman–Crippen LogP) is 2.70. The molecule has 2 nitrogen and oxygen atoms in total. The lowest BCUT2D eigenvalue weighted by atomic mass is 10.1.